The van der Waals surface area contributed by atoms with Crippen molar-refractivity contribution in [3.8, 4) is 0 Å². The Hall–Kier alpha value is -1.49. The summed E-state index contributed by atoms with van der Waals surface area (Å²) < 4.78 is 4.76. The fourth-order valence-corrected chi connectivity index (χ4v) is 1.50. The molecule has 0 saturated heterocycles. The van der Waals surface area contributed by atoms with Gasteiger partial charge in [-0.2, -0.15) is 0 Å². The van der Waals surface area contributed by atoms with Crippen LogP contribution in [0, 0.1) is 0 Å². The zero-order valence-corrected chi connectivity index (χ0v) is 10.3. The van der Waals surface area contributed by atoms with Gasteiger partial charge >= 0.3 is 5.97 Å². The van der Waals surface area contributed by atoms with Crippen molar-refractivity contribution in [3.63, 3.8) is 0 Å². The fourth-order valence-electron chi connectivity index (χ4n) is 1.50. The summed E-state index contributed by atoms with van der Waals surface area (Å²) in [6, 6.07) is 1.57. The van der Waals surface area contributed by atoms with Crippen molar-refractivity contribution in [2.24, 2.45) is 0 Å². The fraction of sp³-hybridized carbons (Fsp3) is 0.583. The van der Waals surface area contributed by atoms with Gasteiger partial charge in [-0.1, -0.05) is 19.8 Å². The predicted molar refractivity (Wildman–Crippen MR) is 64.2 cm³/mol. The van der Waals surface area contributed by atoms with E-state index in [4.69, 9.17) is 4.74 Å². The molecule has 1 unspecified atom stereocenters. The molecular formula is C12H19N3O2. The van der Waals surface area contributed by atoms with Gasteiger partial charge in [0.05, 0.1) is 12.8 Å². The van der Waals surface area contributed by atoms with Crippen LogP contribution in [0.3, 0.4) is 0 Å². The Morgan fingerprint density at radius 1 is 1.59 bits per heavy atom. The Morgan fingerprint density at radius 2 is 2.41 bits per heavy atom. The molecule has 0 spiro atoms. The second-order valence-electron chi connectivity index (χ2n) is 3.80. The third-order valence-corrected chi connectivity index (χ3v) is 2.50. The maximum absolute atomic E-state index is 11.5. The number of ether oxygens (including phenoxy) is 1. The van der Waals surface area contributed by atoms with Crippen molar-refractivity contribution >= 4 is 5.97 Å². The van der Waals surface area contributed by atoms with Crippen LogP contribution in [0.1, 0.15) is 31.9 Å². The number of aromatic nitrogens is 2. The Labute approximate surface area is 102 Å². The third kappa shape index (κ3) is 4.91. The molecular weight excluding hydrogens is 218 g/mol. The van der Waals surface area contributed by atoms with Crippen LogP contribution in [0.5, 0.6) is 0 Å². The Balaban J connectivity index is 2.46. The molecule has 0 fully saturated rings. The van der Waals surface area contributed by atoms with Gasteiger partial charge in [0.1, 0.15) is 12.4 Å². The number of esters is 1. The zero-order chi connectivity index (χ0) is 12.5. The summed E-state index contributed by atoms with van der Waals surface area (Å²) in [5.41, 5.74) is 0.866. The highest BCUT2D eigenvalue weighted by Gasteiger charge is 2.17. The second-order valence-corrected chi connectivity index (χ2v) is 3.80. The van der Waals surface area contributed by atoms with Gasteiger partial charge in [0, 0.05) is 12.7 Å². The number of methoxy groups -OCH3 is 1. The molecule has 1 atom stereocenters. The first-order valence-corrected chi connectivity index (χ1v) is 5.84. The molecule has 1 aromatic rings. The van der Waals surface area contributed by atoms with E-state index in [1.165, 1.54) is 13.4 Å². The number of nitrogens with one attached hydrogen (secondary N) is 1. The van der Waals surface area contributed by atoms with Crippen LogP contribution in [0.15, 0.2) is 18.6 Å². The molecule has 0 bridgehead atoms. The van der Waals surface area contributed by atoms with Crippen LogP contribution in [0.2, 0.25) is 0 Å². The molecule has 1 rings (SSSR count). The van der Waals surface area contributed by atoms with Gasteiger partial charge in [0.2, 0.25) is 0 Å². The van der Waals surface area contributed by atoms with Crippen molar-refractivity contribution in [1.82, 2.24) is 15.3 Å². The molecule has 5 heteroatoms. The molecule has 94 valence electrons. The third-order valence-electron chi connectivity index (χ3n) is 2.50. The number of carbonyl (C=O) groups is 1. The maximum Gasteiger partial charge on any atom is 0.322 e. The molecule has 5 nitrogen and oxygen atoms in total. The van der Waals surface area contributed by atoms with E-state index in [1.807, 2.05) is 6.07 Å². The lowest BCUT2D eigenvalue weighted by molar-refractivity contribution is -0.143. The minimum Gasteiger partial charge on any atom is -0.468 e. The first-order chi connectivity index (χ1) is 8.27. The number of unbranched alkanes of at least 4 members (excludes halogenated alkanes) is 1. The lowest BCUT2D eigenvalue weighted by atomic mass is 10.1. The van der Waals surface area contributed by atoms with Crippen LogP contribution in [-0.2, 0) is 16.1 Å². The van der Waals surface area contributed by atoms with E-state index in [9.17, 15) is 4.79 Å². The van der Waals surface area contributed by atoms with Crippen LogP contribution in [-0.4, -0.2) is 29.1 Å². The predicted octanol–water partition coefficient (Wildman–Crippen LogP) is 1.30. The standard InChI is InChI=1S/C12H19N3O2/c1-3-4-5-11(12(16)17-2)14-8-10-6-7-13-9-15-10/h6-7,9,11,14H,3-5,8H2,1-2H3. The van der Waals surface area contributed by atoms with Gasteiger partial charge in [-0.25, -0.2) is 9.97 Å². The van der Waals surface area contributed by atoms with Crippen molar-refractivity contribution in [2.45, 2.75) is 38.8 Å². The van der Waals surface area contributed by atoms with Crippen LogP contribution in [0.4, 0.5) is 0 Å². The lowest BCUT2D eigenvalue weighted by Crippen LogP contribution is -2.37. The summed E-state index contributed by atoms with van der Waals surface area (Å²) in [7, 11) is 1.41. The maximum atomic E-state index is 11.5. The molecule has 0 aliphatic rings. The summed E-state index contributed by atoms with van der Waals surface area (Å²) in [6.07, 6.45) is 6.02. The lowest BCUT2D eigenvalue weighted by Gasteiger charge is -2.15. The number of nitrogens with zero attached hydrogens (tertiary/aromatic N) is 2. The molecule has 0 saturated carbocycles. The summed E-state index contributed by atoms with van der Waals surface area (Å²) >= 11 is 0. The number of hydrogen-bond donors (Lipinski definition) is 1. The van der Waals surface area contributed by atoms with Crippen molar-refractivity contribution in [3.05, 3.63) is 24.3 Å². The highest BCUT2D eigenvalue weighted by Crippen LogP contribution is 2.03. The molecule has 0 amide bonds. The van der Waals surface area contributed by atoms with E-state index in [0.29, 0.717) is 6.54 Å². The Morgan fingerprint density at radius 3 is 3.00 bits per heavy atom. The highest BCUT2D eigenvalue weighted by molar-refractivity contribution is 5.75. The van der Waals surface area contributed by atoms with E-state index in [0.717, 1.165) is 25.0 Å². The van der Waals surface area contributed by atoms with Crippen LogP contribution in [0.25, 0.3) is 0 Å². The van der Waals surface area contributed by atoms with Crippen molar-refractivity contribution < 1.29 is 9.53 Å². The minimum atomic E-state index is -0.255. The summed E-state index contributed by atoms with van der Waals surface area (Å²) in [6.45, 7) is 2.64. The first kappa shape index (κ1) is 13.6. The molecule has 0 aliphatic heterocycles. The van der Waals surface area contributed by atoms with E-state index in [1.54, 1.807) is 6.20 Å². The average molecular weight is 237 g/mol. The minimum absolute atomic E-state index is 0.215. The van der Waals surface area contributed by atoms with E-state index in [2.05, 4.69) is 22.2 Å². The molecule has 1 aromatic heterocycles. The monoisotopic (exact) mass is 237 g/mol. The SMILES string of the molecule is CCCCC(NCc1ccncn1)C(=O)OC. The summed E-state index contributed by atoms with van der Waals surface area (Å²) in [5, 5.41) is 3.16. The van der Waals surface area contributed by atoms with Crippen LogP contribution < -0.4 is 5.32 Å². The van der Waals surface area contributed by atoms with Crippen LogP contribution >= 0.6 is 0 Å². The Bertz CT molecular complexity index is 330. The van der Waals surface area contributed by atoms with Gasteiger partial charge < -0.3 is 4.74 Å². The number of rotatable bonds is 7. The quantitative estimate of drug-likeness (QED) is 0.724. The number of carbonyl (C=O) groups excluding carboxylic acids is 1. The van der Waals surface area contributed by atoms with Crippen molar-refractivity contribution in [1.29, 1.82) is 0 Å². The van der Waals surface area contributed by atoms with Gasteiger partial charge in [-0.3, -0.25) is 10.1 Å². The largest absolute Gasteiger partial charge is 0.468 e. The van der Waals surface area contributed by atoms with Gasteiger partial charge in [-0.05, 0) is 12.5 Å². The second kappa shape index (κ2) is 7.73. The van der Waals surface area contributed by atoms with Gasteiger partial charge in [-0.15, -0.1) is 0 Å². The topological polar surface area (TPSA) is 64.1 Å². The van der Waals surface area contributed by atoms with E-state index in [-0.39, 0.29) is 12.0 Å². The number of hydrogen-bond acceptors (Lipinski definition) is 5. The smallest absolute Gasteiger partial charge is 0.322 e. The summed E-state index contributed by atoms with van der Waals surface area (Å²) in [4.78, 5) is 19.5. The zero-order valence-electron chi connectivity index (χ0n) is 10.3. The Kier molecular flexibility index (Phi) is 6.17. The van der Waals surface area contributed by atoms with Crippen molar-refractivity contribution in [2.75, 3.05) is 7.11 Å². The highest BCUT2D eigenvalue weighted by atomic mass is 16.5. The van der Waals surface area contributed by atoms with E-state index >= 15 is 0 Å². The van der Waals surface area contributed by atoms with Gasteiger partial charge in [0.15, 0.2) is 0 Å². The molecule has 0 aromatic carbocycles. The average Bonchev–Trinajstić information content (AvgIpc) is 2.39. The molecule has 0 radical (unpaired) electrons. The van der Waals surface area contributed by atoms with Gasteiger partial charge in [0.25, 0.3) is 0 Å². The summed E-state index contributed by atoms with van der Waals surface area (Å²) in [5.74, 6) is -0.215. The first-order valence-electron chi connectivity index (χ1n) is 5.84. The van der Waals surface area contributed by atoms with E-state index < -0.39 is 0 Å². The molecule has 1 heterocycles. The normalized spacial score (nSPS) is 12.1. The molecule has 1 N–H and O–H groups in total. The molecule has 17 heavy (non-hydrogen) atoms. The molecule has 0 aliphatic carbocycles.